The number of fused-ring (bicyclic) bond motifs is 1. The van der Waals surface area contributed by atoms with Gasteiger partial charge in [0.2, 0.25) is 0 Å². The number of hydrogen-bond donors (Lipinski definition) is 1. The Kier molecular flexibility index (Phi) is 4.54. The molecule has 2 aliphatic rings. The van der Waals surface area contributed by atoms with Gasteiger partial charge in [-0.2, -0.15) is 0 Å². The summed E-state index contributed by atoms with van der Waals surface area (Å²) in [6, 6.07) is 0. The average Bonchev–Trinajstić information content (AvgIpc) is 2.32. The lowest BCUT2D eigenvalue weighted by atomic mass is 9.46. The number of alkyl halides is 1. The largest absolute Gasteiger partial charge is 0.465 e. The predicted octanol–water partition coefficient (Wildman–Crippen LogP) is 3.92. The Hall–Kier alpha value is -0.0900. The first-order chi connectivity index (χ1) is 9.52. The van der Waals surface area contributed by atoms with Gasteiger partial charge in [-0.1, -0.05) is 36.7 Å². The summed E-state index contributed by atoms with van der Waals surface area (Å²) in [6.45, 7) is 10.6. The number of ether oxygens (including phenoxy) is 1. The fourth-order valence-electron chi connectivity index (χ4n) is 5.06. The molecule has 5 atom stereocenters. The van der Waals surface area contributed by atoms with Crippen LogP contribution in [0.15, 0.2) is 0 Å². The van der Waals surface area contributed by atoms with Gasteiger partial charge in [-0.05, 0) is 49.4 Å². The zero-order valence-electron chi connectivity index (χ0n) is 13.9. The fourth-order valence-corrected chi connectivity index (χ4v) is 5.61. The first kappa shape index (κ1) is 17.3. The summed E-state index contributed by atoms with van der Waals surface area (Å²) in [6.07, 6.45) is 3.99. The molecule has 0 saturated heterocycles. The van der Waals surface area contributed by atoms with E-state index in [-0.39, 0.29) is 22.7 Å². The summed E-state index contributed by atoms with van der Waals surface area (Å²) in [7, 11) is 0. The van der Waals surface area contributed by atoms with E-state index in [9.17, 15) is 9.90 Å². The molecule has 0 amide bonds. The maximum atomic E-state index is 11.2. The van der Waals surface area contributed by atoms with E-state index in [1.807, 2.05) is 6.92 Å². The van der Waals surface area contributed by atoms with Crippen molar-refractivity contribution in [3.8, 4) is 0 Å². The maximum Gasteiger partial charge on any atom is 0.302 e. The van der Waals surface area contributed by atoms with Gasteiger partial charge in [-0.3, -0.25) is 4.79 Å². The molecule has 2 rings (SSSR count). The molecule has 3 nitrogen and oxygen atoms in total. The number of halogens is 1. The molecule has 0 heterocycles. The summed E-state index contributed by atoms with van der Waals surface area (Å²) in [5.74, 6) is 0.279. The van der Waals surface area contributed by atoms with Gasteiger partial charge in [-0.25, -0.2) is 0 Å². The van der Waals surface area contributed by atoms with Crippen LogP contribution >= 0.6 is 15.9 Å². The van der Waals surface area contributed by atoms with Crippen LogP contribution in [0.2, 0.25) is 0 Å². The minimum Gasteiger partial charge on any atom is -0.465 e. The lowest BCUT2D eigenvalue weighted by molar-refractivity contribution is -0.186. The van der Waals surface area contributed by atoms with Crippen LogP contribution in [-0.2, 0) is 9.53 Å². The van der Waals surface area contributed by atoms with Gasteiger partial charge in [0.15, 0.2) is 0 Å². The van der Waals surface area contributed by atoms with Crippen LogP contribution < -0.4 is 0 Å². The second-order valence-corrected chi connectivity index (χ2v) is 9.24. The first-order valence-corrected chi connectivity index (χ1v) is 8.93. The molecule has 0 bridgehead atoms. The standard InChI is InChI=1S/C17H29BrO3/c1-11(19)21-10-13-16(4)8-7-14(18)15(2,3)12(16)6-9-17(13,5)20/h12-14,20H,6-10H2,1-5H3/t12?,13-,14+,16+,17-/m1/s1. The first-order valence-electron chi connectivity index (χ1n) is 8.01. The third kappa shape index (κ3) is 2.90. The Bertz CT molecular complexity index is 418. The van der Waals surface area contributed by atoms with Crippen molar-refractivity contribution < 1.29 is 14.6 Å². The Morgan fingerprint density at radius 3 is 2.43 bits per heavy atom. The molecule has 2 aliphatic carbocycles. The number of carbonyl (C=O) groups is 1. The van der Waals surface area contributed by atoms with Crippen LogP contribution in [0.4, 0.5) is 0 Å². The van der Waals surface area contributed by atoms with Gasteiger partial charge in [0.1, 0.15) is 0 Å². The van der Waals surface area contributed by atoms with E-state index in [0.717, 1.165) is 25.7 Å². The van der Waals surface area contributed by atoms with Gasteiger partial charge in [0, 0.05) is 17.7 Å². The van der Waals surface area contributed by atoms with E-state index in [2.05, 4.69) is 36.7 Å². The zero-order chi connectivity index (χ0) is 16.1. The van der Waals surface area contributed by atoms with Gasteiger partial charge in [0.25, 0.3) is 0 Å². The molecule has 0 aromatic carbocycles. The predicted molar refractivity (Wildman–Crippen MR) is 87.3 cm³/mol. The topological polar surface area (TPSA) is 46.5 Å². The number of esters is 1. The van der Waals surface area contributed by atoms with E-state index in [0.29, 0.717) is 17.4 Å². The minimum absolute atomic E-state index is 0.00641. The maximum absolute atomic E-state index is 11.2. The monoisotopic (exact) mass is 360 g/mol. The molecule has 0 spiro atoms. The number of hydrogen-bond acceptors (Lipinski definition) is 3. The van der Waals surface area contributed by atoms with Crippen molar-refractivity contribution in [2.45, 2.75) is 70.7 Å². The SMILES string of the molecule is CC(=O)OC[C@@H]1[C@@]2(C)CC[C@H](Br)C(C)(C)C2CC[C@@]1(C)O. The quantitative estimate of drug-likeness (QED) is 0.599. The zero-order valence-corrected chi connectivity index (χ0v) is 15.5. The van der Waals surface area contributed by atoms with Gasteiger partial charge >= 0.3 is 5.97 Å². The van der Waals surface area contributed by atoms with Crippen LogP contribution in [0.25, 0.3) is 0 Å². The summed E-state index contributed by atoms with van der Waals surface area (Å²) in [4.78, 5) is 11.7. The normalized spacial score (nSPS) is 45.8. The second kappa shape index (κ2) is 5.52. The van der Waals surface area contributed by atoms with E-state index in [1.54, 1.807) is 0 Å². The molecular formula is C17H29BrO3. The molecule has 0 radical (unpaired) electrons. The number of rotatable bonds is 2. The van der Waals surface area contributed by atoms with E-state index in [1.165, 1.54) is 6.92 Å². The Morgan fingerprint density at radius 1 is 1.24 bits per heavy atom. The highest BCUT2D eigenvalue weighted by Crippen LogP contribution is 2.63. The molecule has 2 saturated carbocycles. The van der Waals surface area contributed by atoms with Crippen molar-refractivity contribution in [3.63, 3.8) is 0 Å². The number of carbonyl (C=O) groups excluding carboxylic acids is 1. The minimum atomic E-state index is -0.754. The summed E-state index contributed by atoms with van der Waals surface area (Å²) >= 11 is 3.86. The highest BCUT2D eigenvalue weighted by Gasteiger charge is 2.60. The molecular weight excluding hydrogens is 332 g/mol. The van der Waals surface area contributed by atoms with Gasteiger partial charge in [0.05, 0.1) is 12.2 Å². The highest BCUT2D eigenvalue weighted by molar-refractivity contribution is 9.09. The van der Waals surface area contributed by atoms with Crippen LogP contribution in [0, 0.1) is 22.7 Å². The lowest BCUT2D eigenvalue weighted by Gasteiger charge is -2.62. The van der Waals surface area contributed by atoms with Crippen molar-refractivity contribution in [2.75, 3.05) is 6.61 Å². The number of aliphatic hydroxyl groups is 1. The van der Waals surface area contributed by atoms with Crippen LogP contribution in [0.5, 0.6) is 0 Å². The molecule has 1 N–H and O–H groups in total. The Balaban J connectivity index is 2.33. The molecule has 122 valence electrons. The molecule has 0 aliphatic heterocycles. The summed E-state index contributed by atoms with van der Waals surface area (Å²) in [5.41, 5.74) is -0.543. The van der Waals surface area contributed by atoms with Crippen molar-refractivity contribution in [1.29, 1.82) is 0 Å². The molecule has 4 heteroatoms. The van der Waals surface area contributed by atoms with Crippen LogP contribution in [0.3, 0.4) is 0 Å². The van der Waals surface area contributed by atoms with E-state index in [4.69, 9.17) is 4.74 Å². The second-order valence-electron chi connectivity index (χ2n) is 8.14. The third-order valence-electron chi connectivity index (χ3n) is 6.38. The van der Waals surface area contributed by atoms with E-state index >= 15 is 0 Å². The van der Waals surface area contributed by atoms with Crippen LogP contribution in [-0.4, -0.2) is 28.1 Å². The van der Waals surface area contributed by atoms with Crippen molar-refractivity contribution in [1.82, 2.24) is 0 Å². The fraction of sp³-hybridized carbons (Fsp3) is 0.941. The Labute approximate surface area is 137 Å². The van der Waals surface area contributed by atoms with Crippen molar-refractivity contribution >= 4 is 21.9 Å². The Morgan fingerprint density at radius 2 is 1.86 bits per heavy atom. The summed E-state index contributed by atoms with van der Waals surface area (Å²) < 4.78 is 5.32. The average molecular weight is 361 g/mol. The highest BCUT2D eigenvalue weighted by atomic mass is 79.9. The van der Waals surface area contributed by atoms with Crippen molar-refractivity contribution in [3.05, 3.63) is 0 Å². The summed E-state index contributed by atoms with van der Waals surface area (Å²) in [5, 5.41) is 10.9. The van der Waals surface area contributed by atoms with Crippen LogP contribution in [0.1, 0.15) is 60.3 Å². The van der Waals surface area contributed by atoms with Gasteiger partial charge < -0.3 is 9.84 Å². The molecule has 0 aromatic rings. The van der Waals surface area contributed by atoms with E-state index < -0.39 is 5.60 Å². The molecule has 21 heavy (non-hydrogen) atoms. The molecule has 0 aromatic heterocycles. The molecule has 2 fully saturated rings. The smallest absolute Gasteiger partial charge is 0.302 e. The lowest BCUT2D eigenvalue weighted by Crippen LogP contribution is -2.61. The van der Waals surface area contributed by atoms with Gasteiger partial charge in [-0.15, -0.1) is 0 Å². The van der Waals surface area contributed by atoms with Crippen molar-refractivity contribution in [2.24, 2.45) is 22.7 Å². The molecule has 1 unspecified atom stereocenters. The third-order valence-corrected chi connectivity index (χ3v) is 8.01.